The first-order chi connectivity index (χ1) is 14.7. The molecule has 30 heavy (non-hydrogen) atoms. The number of ether oxygens (including phenoxy) is 1. The fraction of sp³-hybridized carbons (Fsp3) is 0.292. The number of amides is 1. The third kappa shape index (κ3) is 4.76. The van der Waals surface area contributed by atoms with Crippen molar-refractivity contribution in [2.24, 2.45) is 5.92 Å². The third-order valence-corrected chi connectivity index (χ3v) is 5.35. The molecule has 1 fully saturated rings. The molecule has 0 bridgehead atoms. The maximum atomic E-state index is 12.9. The number of aromatic nitrogens is 2. The van der Waals surface area contributed by atoms with Gasteiger partial charge in [-0.25, -0.2) is 9.97 Å². The van der Waals surface area contributed by atoms with Gasteiger partial charge in [-0.15, -0.1) is 0 Å². The number of carbonyl (C=O) groups excluding carboxylic acids is 1. The smallest absolute Gasteiger partial charge is 0.263 e. The zero-order valence-electron chi connectivity index (χ0n) is 17.1. The molecule has 0 aliphatic carbocycles. The normalized spacial score (nSPS) is 17.2. The van der Waals surface area contributed by atoms with Gasteiger partial charge in [-0.2, -0.15) is 0 Å². The Kier molecular flexibility index (Phi) is 6.23. The lowest BCUT2D eigenvalue weighted by Crippen LogP contribution is -2.44. The molecule has 6 heteroatoms. The van der Waals surface area contributed by atoms with Crippen LogP contribution in [0.1, 0.15) is 31.4 Å². The predicted molar refractivity (Wildman–Crippen MR) is 116 cm³/mol. The van der Waals surface area contributed by atoms with Crippen LogP contribution in [0.4, 0.5) is 5.82 Å². The van der Waals surface area contributed by atoms with Crippen LogP contribution in [-0.2, 0) is 4.79 Å². The average molecular weight is 402 g/mol. The Morgan fingerprint density at radius 3 is 2.53 bits per heavy atom. The summed E-state index contributed by atoms with van der Waals surface area (Å²) in [4.78, 5) is 23.9. The molecule has 0 saturated carbocycles. The van der Waals surface area contributed by atoms with E-state index in [9.17, 15) is 4.79 Å². The van der Waals surface area contributed by atoms with Crippen LogP contribution in [0.3, 0.4) is 0 Å². The van der Waals surface area contributed by atoms with Crippen LogP contribution in [0.25, 0.3) is 0 Å². The lowest BCUT2D eigenvalue weighted by molar-refractivity contribution is -0.125. The Morgan fingerprint density at radius 2 is 1.77 bits per heavy atom. The minimum atomic E-state index is -0.100. The molecule has 2 heterocycles. The standard InChI is InChI=1S/C24H26N4O2/c1-18(19-9-4-2-5-10-19)27-23(29)20-11-8-16-28(17-20)22-24(26-15-14-25-22)30-21-12-6-3-7-13-21/h2-7,9-10,12-15,18,20H,8,11,16-17H2,1H3,(H,27,29)/t18-,20-/m0/s1. The van der Waals surface area contributed by atoms with Crippen molar-refractivity contribution in [1.29, 1.82) is 0 Å². The Morgan fingerprint density at radius 1 is 1.07 bits per heavy atom. The quantitative estimate of drug-likeness (QED) is 0.663. The second-order valence-corrected chi connectivity index (χ2v) is 7.53. The van der Waals surface area contributed by atoms with Gasteiger partial charge in [-0.3, -0.25) is 4.79 Å². The summed E-state index contributed by atoms with van der Waals surface area (Å²) in [6, 6.07) is 19.5. The number of nitrogens with one attached hydrogen (secondary N) is 1. The van der Waals surface area contributed by atoms with Gasteiger partial charge in [0, 0.05) is 25.5 Å². The topological polar surface area (TPSA) is 67.4 Å². The highest BCUT2D eigenvalue weighted by Crippen LogP contribution is 2.31. The van der Waals surface area contributed by atoms with Gasteiger partial charge < -0.3 is 15.0 Å². The molecule has 6 nitrogen and oxygen atoms in total. The van der Waals surface area contributed by atoms with E-state index in [2.05, 4.69) is 20.2 Å². The van der Waals surface area contributed by atoms with E-state index < -0.39 is 0 Å². The van der Waals surface area contributed by atoms with Gasteiger partial charge in [0.05, 0.1) is 12.0 Å². The van der Waals surface area contributed by atoms with Crippen molar-refractivity contribution in [1.82, 2.24) is 15.3 Å². The van der Waals surface area contributed by atoms with Crippen LogP contribution in [0.5, 0.6) is 11.6 Å². The molecule has 2 atom stereocenters. The molecule has 3 aromatic rings. The highest BCUT2D eigenvalue weighted by Gasteiger charge is 2.29. The summed E-state index contributed by atoms with van der Waals surface area (Å²) in [7, 11) is 0. The summed E-state index contributed by atoms with van der Waals surface area (Å²) >= 11 is 0. The molecule has 0 unspecified atom stereocenters. The number of piperidine rings is 1. The number of anilines is 1. The summed E-state index contributed by atoms with van der Waals surface area (Å²) in [5.74, 6) is 1.82. The maximum absolute atomic E-state index is 12.9. The first-order valence-corrected chi connectivity index (χ1v) is 10.3. The largest absolute Gasteiger partial charge is 0.436 e. The molecule has 2 aromatic carbocycles. The highest BCUT2D eigenvalue weighted by atomic mass is 16.5. The Bertz CT molecular complexity index is 965. The van der Waals surface area contributed by atoms with Gasteiger partial charge >= 0.3 is 0 Å². The molecular weight excluding hydrogens is 376 g/mol. The molecular formula is C24H26N4O2. The summed E-state index contributed by atoms with van der Waals surface area (Å²) in [5.41, 5.74) is 1.10. The van der Waals surface area contributed by atoms with E-state index in [1.165, 1.54) is 0 Å². The highest BCUT2D eigenvalue weighted by molar-refractivity contribution is 5.80. The van der Waals surface area contributed by atoms with Crippen LogP contribution in [-0.4, -0.2) is 29.0 Å². The summed E-state index contributed by atoms with van der Waals surface area (Å²) in [6.45, 7) is 3.43. The Balaban J connectivity index is 1.45. The minimum Gasteiger partial charge on any atom is -0.436 e. The Hall–Kier alpha value is -3.41. The van der Waals surface area contributed by atoms with Crippen LogP contribution < -0.4 is 15.0 Å². The molecule has 1 saturated heterocycles. The lowest BCUT2D eigenvalue weighted by atomic mass is 9.96. The molecule has 154 valence electrons. The van der Waals surface area contributed by atoms with Crippen molar-refractivity contribution in [3.8, 4) is 11.6 Å². The third-order valence-electron chi connectivity index (χ3n) is 5.35. The van der Waals surface area contributed by atoms with Crippen molar-refractivity contribution in [3.63, 3.8) is 0 Å². The van der Waals surface area contributed by atoms with Crippen LogP contribution in [0.15, 0.2) is 73.1 Å². The van der Waals surface area contributed by atoms with E-state index >= 15 is 0 Å². The number of benzene rings is 2. The summed E-state index contributed by atoms with van der Waals surface area (Å²) < 4.78 is 5.97. The second-order valence-electron chi connectivity index (χ2n) is 7.53. The van der Waals surface area contributed by atoms with E-state index in [0.29, 0.717) is 24.0 Å². The van der Waals surface area contributed by atoms with Crippen molar-refractivity contribution < 1.29 is 9.53 Å². The number of hydrogen-bond donors (Lipinski definition) is 1. The maximum Gasteiger partial charge on any atom is 0.263 e. The van der Waals surface area contributed by atoms with Gasteiger partial charge in [0.2, 0.25) is 5.91 Å². The molecule has 0 radical (unpaired) electrons. The molecule has 1 amide bonds. The lowest BCUT2D eigenvalue weighted by Gasteiger charge is -2.33. The van der Waals surface area contributed by atoms with Crippen LogP contribution in [0, 0.1) is 5.92 Å². The van der Waals surface area contributed by atoms with Crippen LogP contribution >= 0.6 is 0 Å². The SMILES string of the molecule is C[C@H](NC(=O)[C@H]1CCCN(c2nccnc2Oc2ccccc2)C1)c1ccccc1. The van der Waals surface area contributed by atoms with Gasteiger partial charge in [0.1, 0.15) is 5.75 Å². The minimum absolute atomic E-state index is 0.0254. The number of nitrogens with zero attached hydrogens (tertiary/aromatic N) is 3. The van der Waals surface area contributed by atoms with E-state index in [1.807, 2.05) is 67.6 Å². The average Bonchev–Trinajstić information content (AvgIpc) is 2.81. The molecule has 1 aliphatic heterocycles. The van der Waals surface area contributed by atoms with Gasteiger partial charge in [-0.05, 0) is 37.5 Å². The first-order valence-electron chi connectivity index (χ1n) is 10.3. The number of hydrogen-bond acceptors (Lipinski definition) is 5. The predicted octanol–water partition coefficient (Wildman–Crippen LogP) is 4.36. The van der Waals surface area contributed by atoms with Gasteiger partial charge in [-0.1, -0.05) is 48.5 Å². The zero-order chi connectivity index (χ0) is 20.8. The van der Waals surface area contributed by atoms with E-state index in [4.69, 9.17) is 4.74 Å². The van der Waals surface area contributed by atoms with Gasteiger partial charge in [0.25, 0.3) is 5.88 Å². The molecule has 0 spiro atoms. The molecule has 4 rings (SSSR count). The van der Waals surface area contributed by atoms with E-state index in [1.54, 1.807) is 12.4 Å². The molecule has 1 aromatic heterocycles. The fourth-order valence-corrected chi connectivity index (χ4v) is 3.75. The van der Waals surface area contributed by atoms with Crippen molar-refractivity contribution >= 4 is 11.7 Å². The first kappa shape index (κ1) is 19.9. The number of carbonyl (C=O) groups is 1. The second kappa shape index (κ2) is 9.39. The summed E-state index contributed by atoms with van der Waals surface area (Å²) in [5, 5.41) is 3.16. The number of para-hydroxylation sites is 1. The van der Waals surface area contributed by atoms with Crippen LogP contribution in [0.2, 0.25) is 0 Å². The van der Waals surface area contributed by atoms with Gasteiger partial charge in [0.15, 0.2) is 5.82 Å². The molecule has 1 aliphatic rings. The van der Waals surface area contributed by atoms with E-state index in [-0.39, 0.29) is 17.9 Å². The summed E-state index contributed by atoms with van der Waals surface area (Å²) in [6.07, 6.45) is 5.06. The van der Waals surface area contributed by atoms with Crippen molar-refractivity contribution in [3.05, 3.63) is 78.6 Å². The molecule has 1 N–H and O–H groups in total. The van der Waals surface area contributed by atoms with E-state index in [0.717, 1.165) is 24.9 Å². The fourth-order valence-electron chi connectivity index (χ4n) is 3.75. The number of rotatable bonds is 6. The van der Waals surface area contributed by atoms with Crippen molar-refractivity contribution in [2.45, 2.75) is 25.8 Å². The Labute approximate surface area is 176 Å². The monoisotopic (exact) mass is 402 g/mol. The van der Waals surface area contributed by atoms with Crippen molar-refractivity contribution in [2.75, 3.05) is 18.0 Å². The zero-order valence-corrected chi connectivity index (χ0v) is 17.1.